The molecule has 1 aliphatic rings. The number of anilines is 1. The molecular weight excluding hydrogens is 341 g/mol. The van der Waals surface area contributed by atoms with Crippen LogP contribution < -0.4 is 10.2 Å². The number of amides is 1. The van der Waals surface area contributed by atoms with E-state index in [2.05, 4.69) is 10.2 Å². The maximum absolute atomic E-state index is 14.5. The first-order chi connectivity index (χ1) is 13.1. The van der Waals surface area contributed by atoms with E-state index in [1.165, 1.54) is 12.1 Å². The van der Waals surface area contributed by atoms with Crippen LogP contribution in [0.5, 0.6) is 0 Å². The number of nitriles is 1. The minimum absolute atomic E-state index is 0.120. The van der Waals surface area contributed by atoms with Crippen LogP contribution in [0.3, 0.4) is 0 Å². The Morgan fingerprint density at radius 1 is 1.22 bits per heavy atom. The topological polar surface area (TPSA) is 56.1 Å². The Balaban J connectivity index is 1.75. The van der Waals surface area contributed by atoms with Crippen molar-refractivity contribution in [1.29, 1.82) is 5.26 Å². The zero-order valence-corrected chi connectivity index (χ0v) is 15.3. The third-order valence-corrected chi connectivity index (χ3v) is 4.77. The summed E-state index contributed by atoms with van der Waals surface area (Å²) in [7, 11) is 0. The molecule has 0 saturated carbocycles. The monoisotopic (exact) mass is 363 g/mol. The van der Waals surface area contributed by atoms with Crippen LogP contribution in [0.1, 0.15) is 36.9 Å². The first-order valence-corrected chi connectivity index (χ1v) is 9.10. The molecule has 1 amide bonds. The number of carbonyl (C=O) groups excluding carboxylic acids is 1. The second-order valence-electron chi connectivity index (χ2n) is 6.68. The highest BCUT2D eigenvalue weighted by atomic mass is 19.1. The van der Waals surface area contributed by atoms with E-state index in [9.17, 15) is 14.4 Å². The van der Waals surface area contributed by atoms with Gasteiger partial charge in [-0.05, 0) is 49.6 Å². The first kappa shape index (κ1) is 18.7. The second kappa shape index (κ2) is 8.50. The van der Waals surface area contributed by atoms with Gasteiger partial charge in [-0.1, -0.05) is 30.3 Å². The lowest BCUT2D eigenvalue weighted by Gasteiger charge is -2.18. The van der Waals surface area contributed by atoms with Gasteiger partial charge in [0.15, 0.2) is 0 Å². The number of rotatable bonds is 5. The molecule has 1 heterocycles. The first-order valence-electron chi connectivity index (χ1n) is 9.10. The number of nitrogens with one attached hydrogen (secondary N) is 1. The van der Waals surface area contributed by atoms with E-state index in [4.69, 9.17) is 0 Å². The number of hydrogen-bond donors (Lipinski definition) is 1. The Kier molecular flexibility index (Phi) is 5.87. The normalized spacial score (nSPS) is 15.3. The smallest absolute Gasteiger partial charge is 0.262 e. The van der Waals surface area contributed by atoms with Gasteiger partial charge in [0.2, 0.25) is 0 Å². The minimum Gasteiger partial charge on any atom is -0.371 e. The number of carbonyl (C=O) groups is 1. The molecule has 5 heteroatoms. The van der Waals surface area contributed by atoms with Gasteiger partial charge < -0.3 is 10.2 Å². The van der Waals surface area contributed by atoms with Gasteiger partial charge in [0, 0.05) is 24.3 Å². The van der Waals surface area contributed by atoms with Crippen molar-refractivity contribution in [2.24, 2.45) is 0 Å². The van der Waals surface area contributed by atoms with Gasteiger partial charge in [0.05, 0.1) is 6.04 Å². The summed E-state index contributed by atoms with van der Waals surface area (Å²) in [5, 5.41) is 12.1. The molecule has 27 heavy (non-hydrogen) atoms. The van der Waals surface area contributed by atoms with Crippen LogP contribution in [-0.2, 0) is 4.79 Å². The summed E-state index contributed by atoms with van der Waals surface area (Å²) in [4.78, 5) is 14.6. The Morgan fingerprint density at radius 2 is 1.93 bits per heavy atom. The molecule has 138 valence electrons. The molecule has 0 spiro atoms. The maximum atomic E-state index is 14.5. The third kappa shape index (κ3) is 4.53. The second-order valence-corrected chi connectivity index (χ2v) is 6.68. The molecule has 1 N–H and O–H groups in total. The summed E-state index contributed by atoms with van der Waals surface area (Å²) in [5.41, 5.74) is 1.88. The molecule has 2 aromatic rings. The molecule has 1 atom stereocenters. The lowest BCUT2D eigenvalue weighted by Crippen LogP contribution is -2.27. The summed E-state index contributed by atoms with van der Waals surface area (Å²) in [6, 6.07) is 16.0. The summed E-state index contributed by atoms with van der Waals surface area (Å²) in [5.74, 6) is -0.951. The third-order valence-electron chi connectivity index (χ3n) is 4.77. The molecule has 0 aliphatic carbocycles. The van der Waals surface area contributed by atoms with Crippen LogP contribution in [0, 0.1) is 17.1 Å². The number of halogens is 1. The van der Waals surface area contributed by atoms with Crippen molar-refractivity contribution < 1.29 is 9.18 Å². The molecule has 1 fully saturated rings. The standard InChI is InChI=1S/C22H22FN3O/c1-16(17-7-3-2-4-8-17)25-22(27)19(15-24)13-18-9-10-20(14-21(18)23)26-11-5-6-12-26/h2-4,7-10,13-14,16H,5-6,11-12H2,1H3,(H,25,27)/b19-13-/t16-/m0/s1. The Morgan fingerprint density at radius 3 is 2.56 bits per heavy atom. The summed E-state index contributed by atoms with van der Waals surface area (Å²) < 4.78 is 14.5. The van der Waals surface area contributed by atoms with Gasteiger partial charge in [-0.25, -0.2) is 4.39 Å². The van der Waals surface area contributed by atoms with E-state index < -0.39 is 11.7 Å². The maximum Gasteiger partial charge on any atom is 0.262 e. The highest BCUT2D eigenvalue weighted by molar-refractivity contribution is 6.01. The molecule has 3 rings (SSSR count). The van der Waals surface area contributed by atoms with Crippen LogP contribution in [0.15, 0.2) is 54.1 Å². The van der Waals surface area contributed by atoms with E-state index in [0.29, 0.717) is 0 Å². The fourth-order valence-corrected chi connectivity index (χ4v) is 3.21. The molecule has 4 nitrogen and oxygen atoms in total. The van der Waals surface area contributed by atoms with E-state index in [1.54, 1.807) is 6.07 Å². The Labute approximate surface area is 158 Å². The molecule has 0 aromatic heterocycles. The van der Waals surface area contributed by atoms with E-state index in [-0.39, 0.29) is 17.2 Å². The lowest BCUT2D eigenvalue weighted by atomic mass is 10.1. The number of hydrogen-bond acceptors (Lipinski definition) is 3. The molecular formula is C22H22FN3O. The predicted molar refractivity (Wildman–Crippen MR) is 104 cm³/mol. The molecule has 2 aromatic carbocycles. The summed E-state index contributed by atoms with van der Waals surface area (Å²) in [6.45, 7) is 3.70. The van der Waals surface area contributed by atoms with Crippen molar-refractivity contribution in [3.63, 3.8) is 0 Å². The number of benzene rings is 2. The van der Waals surface area contributed by atoms with E-state index >= 15 is 0 Å². The van der Waals surface area contributed by atoms with Crippen molar-refractivity contribution in [3.05, 3.63) is 71.0 Å². The van der Waals surface area contributed by atoms with Crippen LogP contribution in [-0.4, -0.2) is 19.0 Å². The van der Waals surface area contributed by atoms with Crippen molar-refractivity contribution in [3.8, 4) is 6.07 Å². The van der Waals surface area contributed by atoms with Crippen LogP contribution >= 0.6 is 0 Å². The van der Waals surface area contributed by atoms with Gasteiger partial charge in [-0.3, -0.25) is 4.79 Å². The Bertz CT molecular complexity index is 880. The van der Waals surface area contributed by atoms with E-state index in [1.807, 2.05) is 49.4 Å². The van der Waals surface area contributed by atoms with Crippen LogP contribution in [0.4, 0.5) is 10.1 Å². The zero-order valence-electron chi connectivity index (χ0n) is 15.3. The van der Waals surface area contributed by atoms with Gasteiger partial charge in [0.25, 0.3) is 5.91 Å². The molecule has 0 unspecified atom stereocenters. The average Bonchev–Trinajstić information content (AvgIpc) is 3.22. The van der Waals surface area contributed by atoms with Gasteiger partial charge in [-0.2, -0.15) is 5.26 Å². The van der Waals surface area contributed by atoms with Crippen molar-refractivity contribution >= 4 is 17.7 Å². The largest absolute Gasteiger partial charge is 0.371 e. The van der Waals surface area contributed by atoms with Crippen LogP contribution in [0.2, 0.25) is 0 Å². The van der Waals surface area contributed by atoms with Crippen molar-refractivity contribution in [1.82, 2.24) is 5.32 Å². The predicted octanol–water partition coefficient (Wildman–Crippen LogP) is 4.21. The van der Waals surface area contributed by atoms with Gasteiger partial charge in [0.1, 0.15) is 17.5 Å². The van der Waals surface area contributed by atoms with Gasteiger partial charge in [-0.15, -0.1) is 0 Å². The highest BCUT2D eigenvalue weighted by Crippen LogP contribution is 2.24. The average molecular weight is 363 g/mol. The lowest BCUT2D eigenvalue weighted by molar-refractivity contribution is -0.117. The summed E-state index contributed by atoms with van der Waals surface area (Å²) >= 11 is 0. The quantitative estimate of drug-likeness (QED) is 0.639. The van der Waals surface area contributed by atoms with Crippen molar-refractivity contribution in [2.75, 3.05) is 18.0 Å². The molecule has 0 bridgehead atoms. The van der Waals surface area contributed by atoms with E-state index in [0.717, 1.165) is 37.2 Å². The Hall–Kier alpha value is -3.13. The minimum atomic E-state index is -0.517. The fraction of sp³-hybridized carbons (Fsp3) is 0.273. The molecule has 0 radical (unpaired) electrons. The highest BCUT2D eigenvalue weighted by Gasteiger charge is 2.16. The molecule has 1 aliphatic heterocycles. The van der Waals surface area contributed by atoms with Gasteiger partial charge >= 0.3 is 0 Å². The SMILES string of the molecule is C[C@H](NC(=O)/C(C#N)=C\c1ccc(N2CCCC2)cc1F)c1ccccc1. The fourth-order valence-electron chi connectivity index (χ4n) is 3.21. The summed E-state index contributed by atoms with van der Waals surface area (Å²) in [6.07, 6.45) is 3.53. The van der Waals surface area contributed by atoms with Crippen LogP contribution in [0.25, 0.3) is 6.08 Å². The molecule has 1 saturated heterocycles. The zero-order chi connectivity index (χ0) is 19.2. The number of nitrogens with zero attached hydrogens (tertiary/aromatic N) is 2. The van der Waals surface area contributed by atoms with Crippen molar-refractivity contribution in [2.45, 2.75) is 25.8 Å².